The van der Waals surface area contributed by atoms with Crippen molar-refractivity contribution in [2.24, 2.45) is 0 Å². The largest absolute Gasteiger partial charge is 0.326 e. The summed E-state index contributed by atoms with van der Waals surface area (Å²) in [6.45, 7) is 6.72. The SMILES string of the molecule is CCCCCN(CCC(=O)Nc1cccc(C)c1C)S(C)(=O)=O. The molecule has 1 amide bonds. The molecular formula is C17H28N2O3S. The zero-order valence-electron chi connectivity index (χ0n) is 14.6. The molecule has 1 aromatic rings. The Hall–Kier alpha value is -1.40. The summed E-state index contributed by atoms with van der Waals surface area (Å²) < 4.78 is 25.0. The average molecular weight is 340 g/mol. The summed E-state index contributed by atoms with van der Waals surface area (Å²) in [6, 6.07) is 5.74. The maximum Gasteiger partial charge on any atom is 0.225 e. The van der Waals surface area contributed by atoms with Crippen LogP contribution in [0.25, 0.3) is 0 Å². The number of nitrogens with one attached hydrogen (secondary N) is 1. The van der Waals surface area contributed by atoms with E-state index in [4.69, 9.17) is 0 Å². The first-order valence-electron chi connectivity index (χ1n) is 8.07. The summed E-state index contributed by atoms with van der Waals surface area (Å²) >= 11 is 0. The molecule has 5 nitrogen and oxygen atoms in total. The van der Waals surface area contributed by atoms with E-state index in [9.17, 15) is 13.2 Å². The smallest absolute Gasteiger partial charge is 0.225 e. The second-order valence-corrected chi connectivity index (χ2v) is 7.90. The summed E-state index contributed by atoms with van der Waals surface area (Å²) in [7, 11) is -3.28. The quantitative estimate of drug-likeness (QED) is 0.703. The molecule has 0 atom stereocenters. The van der Waals surface area contributed by atoms with E-state index in [0.29, 0.717) is 6.54 Å². The van der Waals surface area contributed by atoms with E-state index in [1.54, 1.807) is 0 Å². The summed E-state index contributed by atoms with van der Waals surface area (Å²) in [5.41, 5.74) is 2.93. The van der Waals surface area contributed by atoms with Crippen molar-refractivity contribution in [1.82, 2.24) is 4.31 Å². The summed E-state index contributed by atoms with van der Waals surface area (Å²) in [4.78, 5) is 12.1. The van der Waals surface area contributed by atoms with Gasteiger partial charge in [-0.05, 0) is 37.5 Å². The fourth-order valence-corrected chi connectivity index (χ4v) is 3.19. The second kappa shape index (κ2) is 9.03. The molecule has 0 aliphatic rings. The van der Waals surface area contributed by atoms with Crippen molar-refractivity contribution in [2.45, 2.75) is 46.5 Å². The minimum Gasteiger partial charge on any atom is -0.326 e. The second-order valence-electron chi connectivity index (χ2n) is 5.91. The number of amides is 1. The zero-order valence-corrected chi connectivity index (χ0v) is 15.4. The Morgan fingerprint density at radius 2 is 1.87 bits per heavy atom. The Labute approximate surface area is 140 Å². The van der Waals surface area contributed by atoms with Crippen LogP contribution in [0.3, 0.4) is 0 Å². The van der Waals surface area contributed by atoms with Gasteiger partial charge < -0.3 is 5.32 Å². The molecule has 0 heterocycles. The first-order chi connectivity index (χ1) is 10.8. The Balaban J connectivity index is 2.59. The van der Waals surface area contributed by atoms with Gasteiger partial charge in [-0.3, -0.25) is 4.79 Å². The number of nitrogens with zero attached hydrogens (tertiary/aromatic N) is 1. The highest BCUT2D eigenvalue weighted by Crippen LogP contribution is 2.18. The number of aryl methyl sites for hydroxylation is 1. The number of hydrogen-bond acceptors (Lipinski definition) is 3. The van der Waals surface area contributed by atoms with E-state index >= 15 is 0 Å². The maximum absolute atomic E-state index is 12.1. The summed E-state index contributed by atoms with van der Waals surface area (Å²) in [5.74, 6) is -0.164. The molecule has 0 unspecified atom stereocenters. The Kier molecular flexibility index (Phi) is 7.72. The van der Waals surface area contributed by atoms with Gasteiger partial charge in [0.2, 0.25) is 15.9 Å². The molecule has 0 radical (unpaired) electrons. The van der Waals surface area contributed by atoms with Crippen molar-refractivity contribution in [3.05, 3.63) is 29.3 Å². The van der Waals surface area contributed by atoms with Crippen LogP contribution in [0.2, 0.25) is 0 Å². The Morgan fingerprint density at radius 3 is 2.48 bits per heavy atom. The first kappa shape index (κ1) is 19.6. The minimum absolute atomic E-state index is 0.159. The monoisotopic (exact) mass is 340 g/mol. The third kappa shape index (κ3) is 6.71. The number of rotatable bonds is 9. The fourth-order valence-electron chi connectivity index (χ4n) is 2.31. The van der Waals surface area contributed by atoms with Crippen LogP contribution in [-0.2, 0) is 14.8 Å². The first-order valence-corrected chi connectivity index (χ1v) is 9.91. The number of sulfonamides is 1. The highest BCUT2D eigenvalue weighted by Gasteiger charge is 2.17. The van der Waals surface area contributed by atoms with Gasteiger partial charge in [0, 0.05) is 25.2 Å². The van der Waals surface area contributed by atoms with Crippen molar-refractivity contribution in [3.63, 3.8) is 0 Å². The molecule has 1 rings (SSSR count). The maximum atomic E-state index is 12.1. The van der Waals surface area contributed by atoms with Gasteiger partial charge in [-0.25, -0.2) is 12.7 Å². The lowest BCUT2D eigenvalue weighted by Crippen LogP contribution is -2.34. The van der Waals surface area contributed by atoms with Gasteiger partial charge in [0.25, 0.3) is 0 Å². The van der Waals surface area contributed by atoms with Crippen LogP contribution in [0, 0.1) is 13.8 Å². The molecule has 1 aromatic carbocycles. The van der Waals surface area contributed by atoms with Gasteiger partial charge in [0.15, 0.2) is 0 Å². The van der Waals surface area contributed by atoms with E-state index < -0.39 is 10.0 Å². The summed E-state index contributed by atoms with van der Waals surface area (Å²) in [5, 5.41) is 2.86. The minimum atomic E-state index is -3.28. The van der Waals surface area contributed by atoms with Crippen molar-refractivity contribution in [3.8, 4) is 0 Å². The summed E-state index contributed by atoms with van der Waals surface area (Å²) in [6.07, 6.45) is 4.20. The predicted octanol–water partition coefficient (Wildman–Crippen LogP) is 3.08. The van der Waals surface area contributed by atoms with E-state index in [1.807, 2.05) is 32.0 Å². The van der Waals surface area contributed by atoms with Crippen LogP contribution in [-0.4, -0.2) is 38.0 Å². The van der Waals surface area contributed by atoms with Gasteiger partial charge in [-0.1, -0.05) is 31.9 Å². The molecule has 1 N–H and O–H groups in total. The van der Waals surface area contributed by atoms with E-state index in [0.717, 1.165) is 36.1 Å². The molecule has 0 saturated carbocycles. The Morgan fingerprint density at radius 1 is 1.17 bits per heavy atom. The van der Waals surface area contributed by atoms with Gasteiger partial charge in [-0.2, -0.15) is 0 Å². The molecule has 23 heavy (non-hydrogen) atoms. The lowest BCUT2D eigenvalue weighted by Gasteiger charge is -2.19. The van der Waals surface area contributed by atoms with Gasteiger partial charge in [0.1, 0.15) is 0 Å². The van der Waals surface area contributed by atoms with E-state index in [-0.39, 0.29) is 18.9 Å². The molecule has 0 aliphatic carbocycles. The van der Waals surface area contributed by atoms with Crippen molar-refractivity contribution >= 4 is 21.6 Å². The molecule has 0 saturated heterocycles. The van der Waals surface area contributed by atoms with Crippen LogP contribution < -0.4 is 5.32 Å². The lowest BCUT2D eigenvalue weighted by molar-refractivity contribution is -0.116. The topological polar surface area (TPSA) is 66.5 Å². The number of anilines is 1. The molecule has 0 aromatic heterocycles. The van der Waals surface area contributed by atoms with Gasteiger partial charge >= 0.3 is 0 Å². The van der Waals surface area contributed by atoms with Gasteiger partial charge in [-0.15, -0.1) is 0 Å². The highest BCUT2D eigenvalue weighted by molar-refractivity contribution is 7.88. The molecule has 0 spiro atoms. The Bertz CT molecular complexity index is 627. The van der Waals surface area contributed by atoms with Crippen LogP contribution >= 0.6 is 0 Å². The molecule has 0 fully saturated rings. The van der Waals surface area contributed by atoms with Crippen LogP contribution in [0.1, 0.15) is 43.7 Å². The van der Waals surface area contributed by atoms with Crippen molar-refractivity contribution in [1.29, 1.82) is 0 Å². The molecule has 0 aliphatic heterocycles. The van der Waals surface area contributed by atoms with E-state index in [2.05, 4.69) is 12.2 Å². The third-order valence-electron chi connectivity index (χ3n) is 3.95. The highest BCUT2D eigenvalue weighted by atomic mass is 32.2. The number of carbonyl (C=O) groups is 1. The third-order valence-corrected chi connectivity index (χ3v) is 5.25. The lowest BCUT2D eigenvalue weighted by atomic mass is 10.1. The number of unbranched alkanes of at least 4 members (excludes halogenated alkanes) is 2. The van der Waals surface area contributed by atoms with Gasteiger partial charge in [0.05, 0.1) is 6.26 Å². The number of carbonyl (C=O) groups excluding carboxylic acids is 1. The molecule has 0 bridgehead atoms. The predicted molar refractivity (Wildman–Crippen MR) is 95.1 cm³/mol. The molecule has 130 valence electrons. The average Bonchev–Trinajstić information content (AvgIpc) is 2.46. The standard InChI is InChI=1S/C17H28N2O3S/c1-5-6-7-12-19(23(4,21)22)13-11-17(20)18-16-10-8-9-14(2)15(16)3/h8-10H,5-7,11-13H2,1-4H3,(H,18,20). The number of benzene rings is 1. The van der Waals surface area contributed by atoms with Crippen molar-refractivity contribution < 1.29 is 13.2 Å². The van der Waals surface area contributed by atoms with Crippen LogP contribution in [0.5, 0.6) is 0 Å². The zero-order chi connectivity index (χ0) is 17.5. The van der Waals surface area contributed by atoms with Crippen LogP contribution in [0.15, 0.2) is 18.2 Å². The molecular weight excluding hydrogens is 312 g/mol. The van der Waals surface area contributed by atoms with E-state index in [1.165, 1.54) is 10.6 Å². The molecule has 6 heteroatoms. The van der Waals surface area contributed by atoms with Crippen molar-refractivity contribution in [2.75, 3.05) is 24.7 Å². The fraction of sp³-hybridized carbons (Fsp3) is 0.588. The van der Waals surface area contributed by atoms with Crippen LogP contribution in [0.4, 0.5) is 5.69 Å². The normalized spacial score (nSPS) is 11.7. The number of hydrogen-bond donors (Lipinski definition) is 1.